The Bertz CT molecular complexity index is 768. The number of carboxylic acid groups (broad SMARTS) is 1. The molecule has 1 aliphatic heterocycles. The van der Waals surface area contributed by atoms with Crippen molar-refractivity contribution in [3.05, 3.63) is 36.4 Å². The van der Waals surface area contributed by atoms with E-state index in [1.165, 1.54) is 0 Å². The third kappa shape index (κ3) is 3.69. The number of para-hydroxylation sites is 1. The van der Waals surface area contributed by atoms with Gasteiger partial charge in [-0.3, -0.25) is 4.90 Å². The summed E-state index contributed by atoms with van der Waals surface area (Å²) in [6.07, 6.45) is 2.96. The van der Waals surface area contributed by atoms with Gasteiger partial charge in [-0.2, -0.15) is 4.98 Å². The molecule has 134 valence electrons. The van der Waals surface area contributed by atoms with E-state index < -0.39 is 5.97 Å². The van der Waals surface area contributed by atoms with Crippen molar-refractivity contribution < 1.29 is 14.3 Å². The average Bonchev–Trinajstić information content (AvgIpc) is 2.98. The zero-order chi connectivity index (χ0) is 18.0. The Balaban J connectivity index is 1.93. The molecule has 2 heterocycles. The van der Waals surface area contributed by atoms with Gasteiger partial charge in [0.2, 0.25) is 0 Å². The van der Waals surface area contributed by atoms with Crippen molar-refractivity contribution in [3.8, 4) is 0 Å². The Morgan fingerprint density at radius 1 is 1.48 bits per heavy atom. The van der Waals surface area contributed by atoms with Gasteiger partial charge >= 0.3 is 5.97 Å². The van der Waals surface area contributed by atoms with E-state index in [0.29, 0.717) is 23.0 Å². The van der Waals surface area contributed by atoms with Gasteiger partial charge in [0, 0.05) is 32.2 Å². The number of hydrogen-bond donors (Lipinski definition) is 1. The normalized spacial score (nSPS) is 18.8. The maximum absolute atomic E-state index is 11.4. The number of carboxylic acids is 1. The first kappa shape index (κ1) is 17.5. The first-order valence-corrected chi connectivity index (χ1v) is 8.72. The molecule has 1 atom stereocenters. The summed E-state index contributed by atoms with van der Waals surface area (Å²) in [7, 11) is 0. The van der Waals surface area contributed by atoms with Crippen LogP contribution in [0, 0.1) is 5.92 Å². The molecule has 6 nitrogen and oxygen atoms in total. The van der Waals surface area contributed by atoms with E-state index >= 15 is 0 Å². The molecule has 1 aromatic carbocycles. The number of benzene rings is 1. The van der Waals surface area contributed by atoms with Gasteiger partial charge in [-0.15, -0.1) is 6.58 Å². The molecule has 1 N–H and O–H groups in total. The fourth-order valence-corrected chi connectivity index (χ4v) is 3.50. The van der Waals surface area contributed by atoms with Gasteiger partial charge < -0.3 is 14.4 Å². The number of nitrogens with zero attached hydrogens (tertiary/aromatic N) is 3. The Kier molecular flexibility index (Phi) is 5.08. The lowest BCUT2D eigenvalue weighted by Crippen LogP contribution is -2.53. The fraction of sp³-hybridized carbons (Fsp3) is 0.474. The number of hydrogen-bond acceptors (Lipinski definition) is 5. The van der Waals surface area contributed by atoms with E-state index in [-0.39, 0.29) is 11.6 Å². The van der Waals surface area contributed by atoms with Crippen molar-refractivity contribution in [1.29, 1.82) is 0 Å². The van der Waals surface area contributed by atoms with Crippen LogP contribution in [-0.4, -0.2) is 53.2 Å². The molecule has 0 radical (unpaired) electrons. The highest BCUT2D eigenvalue weighted by Gasteiger charge is 2.30. The summed E-state index contributed by atoms with van der Waals surface area (Å²) in [5, 5.41) is 9.36. The summed E-state index contributed by atoms with van der Waals surface area (Å²) in [6, 6.07) is 5.82. The van der Waals surface area contributed by atoms with Gasteiger partial charge in [-0.25, -0.2) is 4.79 Å². The summed E-state index contributed by atoms with van der Waals surface area (Å²) in [5.41, 5.74) is 1.12. The molecular formula is C19H25N3O3. The van der Waals surface area contributed by atoms with Gasteiger partial charge in [0.1, 0.15) is 5.52 Å². The summed E-state index contributed by atoms with van der Waals surface area (Å²) in [6.45, 7) is 11.8. The van der Waals surface area contributed by atoms with Crippen LogP contribution in [0.15, 0.2) is 35.3 Å². The lowest BCUT2D eigenvalue weighted by Gasteiger charge is -2.41. The third-order valence-electron chi connectivity index (χ3n) is 4.58. The Hall–Kier alpha value is -2.34. The van der Waals surface area contributed by atoms with Crippen molar-refractivity contribution in [1.82, 2.24) is 9.88 Å². The molecule has 25 heavy (non-hydrogen) atoms. The van der Waals surface area contributed by atoms with Crippen LogP contribution in [0.25, 0.3) is 11.1 Å². The molecule has 1 aliphatic rings. The minimum Gasteiger partial charge on any atom is -0.478 e. The number of carbonyl (C=O) groups is 1. The predicted molar refractivity (Wildman–Crippen MR) is 98.2 cm³/mol. The zero-order valence-corrected chi connectivity index (χ0v) is 14.8. The summed E-state index contributed by atoms with van der Waals surface area (Å²) >= 11 is 0. The molecule has 6 heteroatoms. The monoisotopic (exact) mass is 343 g/mol. The van der Waals surface area contributed by atoms with Crippen LogP contribution in [0.2, 0.25) is 0 Å². The van der Waals surface area contributed by atoms with Crippen molar-refractivity contribution in [2.24, 2.45) is 5.92 Å². The smallest absolute Gasteiger partial charge is 0.338 e. The Morgan fingerprint density at radius 3 is 2.96 bits per heavy atom. The standard InChI is InChI=1S/C19H25N3O3/c1-4-8-21-9-10-22(14(12-21)11-13(2)3)19-20-17-15(18(23)24)6-5-7-16(17)25-19/h4-7,13-14H,1,8-12H2,2-3H3,(H,23,24)/t14-/m0/s1. The van der Waals surface area contributed by atoms with E-state index in [0.717, 1.165) is 32.6 Å². The first-order chi connectivity index (χ1) is 12.0. The van der Waals surface area contributed by atoms with E-state index in [9.17, 15) is 9.90 Å². The van der Waals surface area contributed by atoms with E-state index in [2.05, 4.69) is 35.2 Å². The van der Waals surface area contributed by atoms with E-state index in [4.69, 9.17) is 4.42 Å². The highest BCUT2D eigenvalue weighted by molar-refractivity contribution is 6.00. The topological polar surface area (TPSA) is 69.8 Å². The first-order valence-electron chi connectivity index (χ1n) is 8.72. The van der Waals surface area contributed by atoms with Gasteiger partial charge in [-0.05, 0) is 24.5 Å². The van der Waals surface area contributed by atoms with Crippen LogP contribution in [0.1, 0.15) is 30.6 Å². The van der Waals surface area contributed by atoms with Crippen LogP contribution in [0.5, 0.6) is 0 Å². The Morgan fingerprint density at radius 2 is 2.28 bits per heavy atom. The quantitative estimate of drug-likeness (QED) is 0.812. The number of aromatic carboxylic acids is 1. The molecule has 1 saturated heterocycles. The molecule has 0 bridgehead atoms. The van der Waals surface area contributed by atoms with Crippen LogP contribution in [0.4, 0.5) is 6.01 Å². The number of fused-ring (bicyclic) bond motifs is 1. The van der Waals surface area contributed by atoms with Crippen LogP contribution in [-0.2, 0) is 0 Å². The number of piperazine rings is 1. The molecule has 0 amide bonds. The number of oxazole rings is 1. The minimum atomic E-state index is -0.986. The molecule has 1 fully saturated rings. The summed E-state index contributed by atoms with van der Waals surface area (Å²) in [5.74, 6) is -0.435. The number of aromatic nitrogens is 1. The van der Waals surface area contributed by atoms with Crippen LogP contribution < -0.4 is 4.90 Å². The molecule has 2 aromatic rings. The van der Waals surface area contributed by atoms with Crippen molar-refractivity contribution >= 4 is 23.1 Å². The minimum absolute atomic E-state index is 0.179. The number of anilines is 1. The van der Waals surface area contributed by atoms with Gasteiger partial charge in [-0.1, -0.05) is 26.0 Å². The molecule has 1 aromatic heterocycles. The molecule has 0 unspecified atom stereocenters. The largest absolute Gasteiger partial charge is 0.478 e. The SMILES string of the molecule is C=CCN1CCN(c2nc3c(C(=O)O)cccc3o2)[C@@H](CC(C)C)C1. The summed E-state index contributed by atoms with van der Waals surface area (Å²) in [4.78, 5) is 20.5. The molecule has 0 aliphatic carbocycles. The second-order valence-electron chi connectivity index (χ2n) is 6.98. The highest BCUT2D eigenvalue weighted by Crippen LogP contribution is 2.29. The van der Waals surface area contributed by atoms with Crippen LogP contribution in [0.3, 0.4) is 0 Å². The lowest BCUT2D eigenvalue weighted by atomic mass is 10.0. The maximum atomic E-state index is 11.4. The third-order valence-corrected chi connectivity index (χ3v) is 4.58. The highest BCUT2D eigenvalue weighted by atomic mass is 16.4. The number of rotatable bonds is 6. The second kappa shape index (κ2) is 7.27. The fourth-order valence-electron chi connectivity index (χ4n) is 3.50. The second-order valence-corrected chi connectivity index (χ2v) is 6.98. The van der Waals surface area contributed by atoms with Gasteiger partial charge in [0.25, 0.3) is 6.01 Å². The van der Waals surface area contributed by atoms with Gasteiger partial charge in [0.15, 0.2) is 5.58 Å². The molecule has 0 spiro atoms. The zero-order valence-electron chi connectivity index (χ0n) is 14.8. The molecule has 3 rings (SSSR count). The van der Waals surface area contributed by atoms with Crippen molar-refractivity contribution in [3.63, 3.8) is 0 Å². The van der Waals surface area contributed by atoms with Gasteiger partial charge in [0.05, 0.1) is 5.56 Å². The predicted octanol–water partition coefficient (Wildman–Crippen LogP) is 3.25. The van der Waals surface area contributed by atoms with E-state index in [1.54, 1.807) is 18.2 Å². The molecule has 0 saturated carbocycles. The maximum Gasteiger partial charge on any atom is 0.338 e. The van der Waals surface area contributed by atoms with Crippen LogP contribution >= 0.6 is 0 Å². The lowest BCUT2D eigenvalue weighted by molar-refractivity contribution is 0.0699. The summed E-state index contributed by atoms with van der Waals surface area (Å²) < 4.78 is 5.92. The van der Waals surface area contributed by atoms with Crippen molar-refractivity contribution in [2.75, 3.05) is 31.1 Å². The average molecular weight is 343 g/mol. The van der Waals surface area contributed by atoms with E-state index in [1.807, 2.05) is 6.08 Å². The Labute approximate surface area is 147 Å². The molecular weight excluding hydrogens is 318 g/mol. The van der Waals surface area contributed by atoms with Crippen molar-refractivity contribution in [2.45, 2.75) is 26.3 Å².